The minimum absolute atomic E-state index is 0.0996. The van der Waals surface area contributed by atoms with Crippen LogP contribution in [0, 0.1) is 10.1 Å². The fourth-order valence-corrected chi connectivity index (χ4v) is 2.64. The van der Waals surface area contributed by atoms with Crippen molar-refractivity contribution in [1.82, 2.24) is 4.72 Å². The molecule has 0 heterocycles. The highest BCUT2D eigenvalue weighted by Gasteiger charge is 2.25. The number of hydrogen-bond donors (Lipinski definition) is 2. The molecule has 0 aliphatic carbocycles. The van der Waals surface area contributed by atoms with Crippen LogP contribution in [0.4, 0.5) is 5.69 Å². The summed E-state index contributed by atoms with van der Waals surface area (Å²) in [5, 5.41) is 10.9. The highest BCUT2D eigenvalue weighted by atomic mass is 35.5. The van der Waals surface area contributed by atoms with Crippen molar-refractivity contribution < 1.29 is 13.3 Å². The maximum Gasteiger partial charge on any atom is 0.290 e. The number of halogens is 1. The van der Waals surface area contributed by atoms with Crippen molar-refractivity contribution in [3.8, 4) is 0 Å². The molecule has 0 spiro atoms. The van der Waals surface area contributed by atoms with E-state index in [9.17, 15) is 18.5 Å². The van der Waals surface area contributed by atoms with Gasteiger partial charge in [0, 0.05) is 17.6 Å². The predicted molar refractivity (Wildman–Crippen MR) is 67.0 cm³/mol. The Bertz CT molecular complexity index is 547. The summed E-state index contributed by atoms with van der Waals surface area (Å²) in [6.45, 7) is 0.448. The van der Waals surface area contributed by atoms with Gasteiger partial charge in [-0.3, -0.25) is 10.1 Å². The summed E-state index contributed by atoms with van der Waals surface area (Å²) >= 11 is 5.60. The average molecular weight is 294 g/mol. The lowest BCUT2D eigenvalue weighted by molar-refractivity contribution is -0.387. The normalized spacial score (nSPS) is 11.4. The average Bonchev–Trinajstić information content (AvgIpc) is 2.28. The third-order valence-corrected chi connectivity index (χ3v) is 3.82. The second-order valence-electron chi connectivity index (χ2n) is 3.41. The summed E-state index contributed by atoms with van der Waals surface area (Å²) in [4.78, 5) is 9.59. The van der Waals surface area contributed by atoms with E-state index in [1.165, 1.54) is 6.07 Å². The van der Waals surface area contributed by atoms with Gasteiger partial charge >= 0.3 is 0 Å². The van der Waals surface area contributed by atoms with Gasteiger partial charge in [0.15, 0.2) is 4.90 Å². The quantitative estimate of drug-likeness (QED) is 0.459. The van der Waals surface area contributed by atoms with Gasteiger partial charge in [-0.05, 0) is 25.1 Å². The van der Waals surface area contributed by atoms with E-state index in [0.717, 1.165) is 12.1 Å². The third kappa shape index (κ3) is 3.64. The minimum Gasteiger partial charge on any atom is -0.330 e. The molecule has 0 amide bonds. The fourth-order valence-electron chi connectivity index (χ4n) is 1.25. The monoisotopic (exact) mass is 293 g/mol. The molecule has 18 heavy (non-hydrogen) atoms. The Morgan fingerprint density at radius 1 is 1.44 bits per heavy atom. The number of rotatable bonds is 6. The Hall–Kier alpha value is -1.22. The van der Waals surface area contributed by atoms with Crippen molar-refractivity contribution in [1.29, 1.82) is 0 Å². The lowest BCUT2D eigenvalue weighted by Gasteiger charge is -2.06. The van der Waals surface area contributed by atoms with E-state index in [1.807, 2.05) is 0 Å². The maximum absolute atomic E-state index is 11.8. The molecule has 1 rings (SSSR count). The first-order chi connectivity index (χ1) is 8.38. The molecule has 100 valence electrons. The van der Waals surface area contributed by atoms with Crippen molar-refractivity contribution in [2.24, 2.45) is 5.73 Å². The third-order valence-electron chi connectivity index (χ3n) is 2.08. The maximum atomic E-state index is 11.8. The molecule has 0 bridgehead atoms. The molecule has 0 radical (unpaired) electrons. The Labute approximate surface area is 109 Å². The molecule has 0 aliphatic heterocycles. The van der Waals surface area contributed by atoms with E-state index in [-0.39, 0.29) is 11.6 Å². The zero-order valence-electron chi connectivity index (χ0n) is 9.30. The fraction of sp³-hybridized carbons (Fsp3) is 0.333. The van der Waals surface area contributed by atoms with E-state index in [1.54, 1.807) is 0 Å². The predicted octanol–water partition coefficient (Wildman–Crippen LogP) is 0.875. The van der Waals surface area contributed by atoms with Gasteiger partial charge in [0.1, 0.15) is 0 Å². The van der Waals surface area contributed by atoms with Gasteiger partial charge in [-0.2, -0.15) is 0 Å². The van der Waals surface area contributed by atoms with Crippen LogP contribution in [0.1, 0.15) is 6.42 Å². The van der Waals surface area contributed by atoms with Crippen LogP contribution in [0.3, 0.4) is 0 Å². The molecule has 1 aromatic rings. The van der Waals surface area contributed by atoms with Crippen LogP contribution in [-0.2, 0) is 10.0 Å². The smallest absolute Gasteiger partial charge is 0.290 e. The molecule has 1 aromatic carbocycles. The number of hydrogen-bond acceptors (Lipinski definition) is 5. The Morgan fingerprint density at radius 3 is 2.67 bits per heavy atom. The number of nitro benzene ring substituents is 1. The van der Waals surface area contributed by atoms with Crippen molar-refractivity contribution in [3.63, 3.8) is 0 Å². The summed E-state index contributed by atoms with van der Waals surface area (Å²) in [5.74, 6) is 0. The van der Waals surface area contributed by atoms with Crippen LogP contribution < -0.4 is 10.5 Å². The van der Waals surface area contributed by atoms with Gasteiger partial charge in [0.2, 0.25) is 10.0 Å². The van der Waals surface area contributed by atoms with Gasteiger partial charge in [-0.1, -0.05) is 11.6 Å². The van der Waals surface area contributed by atoms with Gasteiger partial charge < -0.3 is 5.73 Å². The molecule has 0 aromatic heterocycles. The molecule has 0 aliphatic rings. The SMILES string of the molecule is NCCCNS(=O)(=O)c1ccc(Cl)cc1[N+](=O)[O-]. The number of benzene rings is 1. The standard InChI is InChI=1S/C9H12ClN3O4S/c10-7-2-3-9(8(6-7)13(14)15)18(16,17)12-5-1-4-11/h2-3,6,12H,1,4-5,11H2. The summed E-state index contributed by atoms with van der Waals surface area (Å²) in [7, 11) is -3.93. The summed E-state index contributed by atoms with van der Waals surface area (Å²) in [5.41, 5.74) is 4.68. The molecular weight excluding hydrogens is 282 g/mol. The van der Waals surface area contributed by atoms with Crippen LogP contribution in [0.15, 0.2) is 23.1 Å². The topological polar surface area (TPSA) is 115 Å². The van der Waals surface area contributed by atoms with E-state index in [4.69, 9.17) is 17.3 Å². The lowest BCUT2D eigenvalue weighted by Crippen LogP contribution is -2.26. The molecule has 0 atom stereocenters. The highest BCUT2D eigenvalue weighted by molar-refractivity contribution is 7.89. The number of nitrogens with two attached hydrogens (primary N) is 1. The molecular formula is C9H12ClN3O4S. The minimum atomic E-state index is -3.93. The number of sulfonamides is 1. The van der Waals surface area contributed by atoms with Crippen LogP contribution >= 0.6 is 11.6 Å². The summed E-state index contributed by atoms with van der Waals surface area (Å²) in [6.07, 6.45) is 0.445. The van der Waals surface area contributed by atoms with Gasteiger partial charge in [-0.25, -0.2) is 13.1 Å². The summed E-state index contributed by atoms with van der Waals surface area (Å²) in [6, 6.07) is 3.39. The van der Waals surface area contributed by atoms with Crippen molar-refractivity contribution in [3.05, 3.63) is 33.3 Å². The largest absolute Gasteiger partial charge is 0.330 e. The molecule has 0 saturated heterocycles. The first-order valence-electron chi connectivity index (χ1n) is 5.02. The first kappa shape index (κ1) is 14.8. The van der Waals surface area contributed by atoms with Crippen LogP contribution in [0.2, 0.25) is 5.02 Å². The van der Waals surface area contributed by atoms with E-state index < -0.39 is 25.5 Å². The van der Waals surface area contributed by atoms with E-state index >= 15 is 0 Å². The molecule has 7 nitrogen and oxygen atoms in total. The van der Waals surface area contributed by atoms with Gasteiger partial charge in [-0.15, -0.1) is 0 Å². The van der Waals surface area contributed by atoms with Crippen molar-refractivity contribution >= 4 is 27.3 Å². The zero-order valence-corrected chi connectivity index (χ0v) is 10.9. The molecule has 0 fully saturated rings. The number of nitrogens with one attached hydrogen (secondary N) is 1. The lowest BCUT2D eigenvalue weighted by atomic mass is 10.3. The van der Waals surface area contributed by atoms with Crippen LogP contribution in [0.25, 0.3) is 0 Å². The Kier molecular flexibility index (Phi) is 5.03. The Balaban J connectivity index is 3.12. The number of nitrogens with zero attached hydrogens (tertiary/aromatic N) is 1. The van der Waals surface area contributed by atoms with Crippen molar-refractivity contribution in [2.45, 2.75) is 11.3 Å². The first-order valence-corrected chi connectivity index (χ1v) is 6.88. The Morgan fingerprint density at radius 2 is 2.11 bits per heavy atom. The molecule has 0 unspecified atom stereocenters. The second-order valence-corrected chi connectivity index (χ2v) is 5.58. The van der Waals surface area contributed by atoms with Crippen LogP contribution in [-0.4, -0.2) is 26.4 Å². The summed E-state index contributed by atoms with van der Waals surface area (Å²) < 4.78 is 25.9. The molecule has 0 saturated carbocycles. The van der Waals surface area contributed by atoms with E-state index in [2.05, 4.69) is 4.72 Å². The molecule has 3 N–H and O–H groups in total. The molecule has 9 heteroatoms. The second kappa shape index (κ2) is 6.10. The van der Waals surface area contributed by atoms with E-state index in [0.29, 0.717) is 13.0 Å². The number of nitro groups is 1. The van der Waals surface area contributed by atoms with Gasteiger partial charge in [0.05, 0.1) is 4.92 Å². The zero-order chi connectivity index (χ0) is 13.8. The van der Waals surface area contributed by atoms with Crippen molar-refractivity contribution in [2.75, 3.05) is 13.1 Å². The highest BCUT2D eigenvalue weighted by Crippen LogP contribution is 2.26. The van der Waals surface area contributed by atoms with Gasteiger partial charge in [0.25, 0.3) is 5.69 Å². The van der Waals surface area contributed by atoms with Crippen LogP contribution in [0.5, 0.6) is 0 Å².